The Hall–Kier alpha value is -2.79. The molecule has 1 atom stereocenters. The Morgan fingerprint density at radius 2 is 1.54 bits per heavy atom. The number of allylic oxidation sites excluding steroid dienone is 1. The highest BCUT2D eigenvalue weighted by Crippen LogP contribution is 2.28. The molecule has 0 N–H and O–H groups in total. The highest BCUT2D eigenvalue weighted by Gasteiger charge is 2.20. The van der Waals surface area contributed by atoms with Crippen molar-refractivity contribution < 1.29 is 19.0 Å². The summed E-state index contributed by atoms with van der Waals surface area (Å²) in [5.74, 6) is 0.426. The van der Waals surface area contributed by atoms with E-state index in [1.165, 1.54) is 0 Å². The van der Waals surface area contributed by atoms with Gasteiger partial charge in [-0.25, -0.2) is 4.79 Å². The number of benzene rings is 3. The quantitative estimate of drug-likeness (QED) is 0.247. The lowest BCUT2D eigenvalue weighted by Crippen LogP contribution is -2.28. The number of rotatable bonds is 11. The van der Waals surface area contributed by atoms with Gasteiger partial charge in [-0.3, -0.25) is 0 Å². The van der Waals surface area contributed by atoms with Crippen LogP contribution in [0.2, 0.25) is 10.0 Å². The normalized spacial score (nSPS) is 12.3. The van der Waals surface area contributed by atoms with Crippen molar-refractivity contribution in [1.29, 1.82) is 0 Å². The molecule has 0 aliphatic heterocycles. The van der Waals surface area contributed by atoms with E-state index in [9.17, 15) is 4.79 Å². The van der Waals surface area contributed by atoms with Crippen LogP contribution in [0.4, 0.5) is 0 Å². The molecule has 3 aromatic rings. The van der Waals surface area contributed by atoms with Gasteiger partial charge in [-0.05, 0) is 85.0 Å². The first-order valence-electron chi connectivity index (χ1n) is 11.6. The fourth-order valence-corrected chi connectivity index (χ4v) is 4.14. The van der Waals surface area contributed by atoms with E-state index in [0.717, 1.165) is 33.6 Å². The van der Waals surface area contributed by atoms with Gasteiger partial charge in [0.25, 0.3) is 0 Å². The minimum absolute atomic E-state index is 0.334. The maximum Gasteiger partial charge on any atom is 0.335 e. The van der Waals surface area contributed by atoms with Crippen LogP contribution in [0.5, 0.6) is 5.75 Å². The first kappa shape index (κ1) is 26.8. The molecule has 0 saturated carbocycles. The van der Waals surface area contributed by atoms with Gasteiger partial charge in [-0.2, -0.15) is 0 Å². The van der Waals surface area contributed by atoms with E-state index in [2.05, 4.69) is 31.2 Å². The van der Waals surface area contributed by atoms with Crippen LogP contribution >= 0.6 is 23.2 Å². The average molecular weight is 513 g/mol. The van der Waals surface area contributed by atoms with Crippen molar-refractivity contribution in [1.82, 2.24) is 0 Å². The standard InChI is InChI=1S/C29H30Cl2O4/c1-4-33-28(29(32)34-5-2)16-21-6-12-27(13-7-21)35-15-14-20(3)22-8-10-23(11-9-22)24-17-25(30)19-26(31)18-24/h6-14,17-19,28H,4-5,15-16H2,1-3H3/b20-14+. The zero-order valence-electron chi connectivity index (χ0n) is 20.2. The molecule has 1 unspecified atom stereocenters. The molecule has 0 amide bonds. The number of ether oxygens (including phenoxy) is 3. The molecule has 0 aliphatic carbocycles. The average Bonchev–Trinajstić information content (AvgIpc) is 2.84. The second kappa shape index (κ2) is 13.3. The predicted octanol–water partition coefficient (Wildman–Crippen LogP) is 7.65. The molecular formula is C29H30Cl2O4. The molecule has 0 saturated heterocycles. The fraction of sp³-hybridized carbons (Fsp3) is 0.276. The number of carbonyl (C=O) groups is 1. The van der Waals surface area contributed by atoms with Crippen LogP contribution in [0.3, 0.4) is 0 Å². The molecule has 4 nitrogen and oxygen atoms in total. The zero-order chi connectivity index (χ0) is 25.2. The summed E-state index contributed by atoms with van der Waals surface area (Å²) in [4.78, 5) is 12.1. The Balaban J connectivity index is 1.56. The van der Waals surface area contributed by atoms with Crippen LogP contribution < -0.4 is 4.74 Å². The first-order chi connectivity index (χ1) is 16.9. The van der Waals surface area contributed by atoms with Crippen LogP contribution in [-0.4, -0.2) is 31.9 Å². The van der Waals surface area contributed by atoms with Gasteiger partial charge in [0.05, 0.1) is 6.61 Å². The van der Waals surface area contributed by atoms with E-state index in [4.69, 9.17) is 37.4 Å². The largest absolute Gasteiger partial charge is 0.490 e. The van der Waals surface area contributed by atoms with Gasteiger partial charge in [0.2, 0.25) is 0 Å². The number of esters is 1. The van der Waals surface area contributed by atoms with Crippen molar-refractivity contribution in [2.75, 3.05) is 19.8 Å². The topological polar surface area (TPSA) is 44.8 Å². The van der Waals surface area contributed by atoms with Gasteiger partial charge in [-0.15, -0.1) is 0 Å². The molecule has 3 aromatic carbocycles. The minimum Gasteiger partial charge on any atom is -0.490 e. The summed E-state index contributed by atoms with van der Waals surface area (Å²) in [6, 6.07) is 21.5. The SMILES string of the molecule is CCOC(=O)C(Cc1ccc(OC/C=C(\C)c2ccc(-c3cc(Cl)cc(Cl)c3)cc2)cc1)OCC. The minimum atomic E-state index is -0.598. The Bertz CT molecular complexity index is 1120. The van der Waals surface area contributed by atoms with Gasteiger partial charge in [0.15, 0.2) is 6.10 Å². The predicted molar refractivity (Wildman–Crippen MR) is 143 cm³/mol. The molecule has 35 heavy (non-hydrogen) atoms. The lowest BCUT2D eigenvalue weighted by Gasteiger charge is -2.15. The summed E-state index contributed by atoms with van der Waals surface area (Å²) in [7, 11) is 0. The van der Waals surface area contributed by atoms with Crippen LogP contribution in [0.1, 0.15) is 31.9 Å². The fourth-order valence-electron chi connectivity index (χ4n) is 3.61. The van der Waals surface area contributed by atoms with Crippen molar-refractivity contribution in [3.05, 3.63) is 94.0 Å². The van der Waals surface area contributed by atoms with E-state index in [1.54, 1.807) is 13.0 Å². The van der Waals surface area contributed by atoms with E-state index < -0.39 is 6.10 Å². The second-order valence-electron chi connectivity index (χ2n) is 7.98. The Morgan fingerprint density at radius 3 is 2.14 bits per heavy atom. The van der Waals surface area contributed by atoms with Crippen molar-refractivity contribution in [2.45, 2.75) is 33.3 Å². The maximum atomic E-state index is 12.1. The molecule has 0 fully saturated rings. The molecule has 3 rings (SSSR count). The van der Waals surface area contributed by atoms with E-state index >= 15 is 0 Å². The van der Waals surface area contributed by atoms with Gasteiger partial charge < -0.3 is 14.2 Å². The molecule has 0 heterocycles. The number of hydrogen-bond donors (Lipinski definition) is 0. The molecule has 0 aromatic heterocycles. The summed E-state index contributed by atoms with van der Waals surface area (Å²) >= 11 is 12.3. The Labute approximate surface area is 217 Å². The third-order valence-electron chi connectivity index (χ3n) is 5.44. The monoisotopic (exact) mass is 512 g/mol. The van der Waals surface area contributed by atoms with Crippen molar-refractivity contribution >= 4 is 34.7 Å². The van der Waals surface area contributed by atoms with Crippen molar-refractivity contribution in [3.63, 3.8) is 0 Å². The molecule has 184 valence electrons. The molecular weight excluding hydrogens is 483 g/mol. The molecule has 0 radical (unpaired) electrons. The highest BCUT2D eigenvalue weighted by molar-refractivity contribution is 6.35. The van der Waals surface area contributed by atoms with Crippen molar-refractivity contribution in [2.24, 2.45) is 0 Å². The van der Waals surface area contributed by atoms with E-state index in [-0.39, 0.29) is 5.97 Å². The molecule has 0 spiro atoms. The number of halogens is 2. The zero-order valence-corrected chi connectivity index (χ0v) is 21.7. The highest BCUT2D eigenvalue weighted by atomic mass is 35.5. The van der Waals surface area contributed by atoms with Crippen LogP contribution in [0.25, 0.3) is 16.7 Å². The van der Waals surface area contributed by atoms with Crippen molar-refractivity contribution in [3.8, 4) is 16.9 Å². The summed E-state index contributed by atoms with van der Waals surface area (Å²) in [6.45, 7) is 6.94. The first-order valence-corrected chi connectivity index (χ1v) is 12.4. The van der Waals surface area contributed by atoms with E-state index in [1.807, 2.05) is 49.4 Å². The Morgan fingerprint density at radius 1 is 0.886 bits per heavy atom. The van der Waals surface area contributed by atoms with Crippen LogP contribution in [0, 0.1) is 0 Å². The third-order valence-corrected chi connectivity index (χ3v) is 5.87. The number of hydrogen-bond acceptors (Lipinski definition) is 4. The smallest absolute Gasteiger partial charge is 0.335 e. The maximum absolute atomic E-state index is 12.1. The number of carbonyl (C=O) groups excluding carboxylic acids is 1. The lowest BCUT2D eigenvalue weighted by atomic mass is 10.0. The van der Waals surface area contributed by atoms with Gasteiger partial charge in [0.1, 0.15) is 12.4 Å². The van der Waals surface area contributed by atoms with Gasteiger partial charge in [0, 0.05) is 23.1 Å². The lowest BCUT2D eigenvalue weighted by molar-refractivity contribution is -0.156. The van der Waals surface area contributed by atoms with Crippen LogP contribution in [0.15, 0.2) is 72.8 Å². The summed E-state index contributed by atoms with van der Waals surface area (Å²) in [5, 5.41) is 1.23. The van der Waals surface area contributed by atoms with E-state index in [0.29, 0.717) is 36.3 Å². The summed E-state index contributed by atoms with van der Waals surface area (Å²) < 4.78 is 16.5. The molecule has 6 heteroatoms. The molecule has 0 aliphatic rings. The Kier molecular flexibility index (Phi) is 10.2. The van der Waals surface area contributed by atoms with Gasteiger partial charge in [-0.1, -0.05) is 59.6 Å². The third kappa shape index (κ3) is 8.14. The molecule has 0 bridgehead atoms. The summed E-state index contributed by atoms with van der Waals surface area (Å²) in [5.41, 5.74) is 5.25. The second-order valence-corrected chi connectivity index (χ2v) is 8.85. The summed E-state index contributed by atoms with van der Waals surface area (Å²) in [6.07, 6.45) is 1.91. The van der Waals surface area contributed by atoms with Gasteiger partial charge >= 0.3 is 5.97 Å². The van der Waals surface area contributed by atoms with Crippen LogP contribution in [-0.2, 0) is 20.7 Å².